The molecule has 0 saturated carbocycles. The number of benzene rings is 1. The molecule has 3 N–H and O–H groups in total. The van der Waals surface area contributed by atoms with E-state index in [0.29, 0.717) is 5.75 Å². The first-order valence-electron chi connectivity index (χ1n) is 7.40. The molecule has 1 saturated heterocycles. The molecule has 122 valence electrons. The maximum absolute atomic E-state index is 13.9. The molecular weight excluding hydrogens is 304 g/mol. The first-order valence-corrected chi connectivity index (χ1v) is 7.40. The second-order valence-corrected chi connectivity index (χ2v) is 5.44. The van der Waals surface area contributed by atoms with Gasteiger partial charge in [0.2, 0.25) is 0 Å². The summed E-state index contributed by atoms with van der Waals surface area (Å²) in [6.45, 7) is 1.74. The van der Waals surface area contributed by atoms with Crippen LogP contribution in [0.25, 0.3) is 5.69 Å². The Bertz CT molecular complexity index is 770. The molecule has 0 aliphatic carbocycles. The molecule has 2 aromatic rings. The highest BCUT2D eigenvalue weighted by atomic mass is 19.2. The van der Waals surface area contributed by atoms with Gasteiger partial charge in [-0.05, 0) is 44.1 Å². The van der Waals surface area contributed by atoms with E-state index < -0.39 is 17.2 Å². The van der Waals surface area contributed by atoms with Crippen molar-refractivity contribution in [1.29, 1.82) is 0 Å². The van der Waals surface area contributed by atoms with Crippen LogP contribution in [0.15, 0.2) is 35.3 Å². The Kier molecular flexibility index (Phi) is 4.29. The van der Waals surface area contributed by atoms with E-state index in [-0.39, 0.29) is 17.5 Å². The Morgan fingerprint density at radius 3 is 2.65 bits per heavy atom. The van der Waals surface area contributed by atoms with Crippen molar-refractivity contribution in [3.63, 3.8) is 0 Å². The van der Waals surface area contributed by atoms with E-state index in [1.165, 1.54) is 18.3 Å². The minimum atomic E-state index is -1.15. The number of aromatic nitrogens is 1. The molecule has 5 nitrogen and oxygen atoms in total. The summed E-state index contributed by atoms with van der Waals surface area (Å²) >= 11 is 0. The molecule has 0 atom stereocenters. The van der Waals surface area contributed by atoms with Crippen molar-refractivity contribution < 1.29 is 13.5 Å². The van der Waals surface area contributed by atoms with Crippen molar-refractivity contribution in [3.05, 3.63) is 52.5 Å². The number of piperidine rings is 1. The van der Waals surface area contributed by atoms with Crippen LogP contribution in [-0.2, 0) is 0 Å². The Hall–Kier alpha value is -2.41. The van der Waals surface area contributed by atoms with Crippen LogP contribution in [0.2, 0.25) is 0 Å². The maximum atomic E-state index is 13.9. The van der Waals surface area contributed by atoms with E-state index in [2.05, 4.69) is 5.32 Å². The van der Waals surface area contributed by atoms with Crippen molar-refractivity contribution in [2.45, 2.75) is 18.9 Å². The highest BCUT2D eigenvalue weighted by Gasteiger charge is 2.17. The smallest absolute Gasteiger partial charge is 0.258 e. The summed E-state index contributed by atoms with van der Waals surface area (Å²) < 4.78 is 34.1. The van der Waals surface area contributed by atoms with Crippen LogP contribution in [0.1, 0.15) is 12.8 Å². The molecule has 1 aliphatic heterocycles. The van der Waals surface area contributed by atoms with Gasteiger partial charge in [0.1, 0.15) is 17.5 Å². The summed E-state index contributed by atoms with van der Waals surface area (Å²) in [4.78, 5) is 12.2. The number of nitrogen functional groups attached to an aromatic ring is 1. The fourth-order valence-corrected chi connectivity index (χ4v) is 2.62. The lowest BCUT2D eigenvalue weighted by atomic mass is 10.1. The third-order valence-electron chi connectivity index (χ3n) is 3.82. The van der Waals surface area contributed by atoms with E-state index in [4.69, 9.17) is 10.5 Å². The largest absolute Gasteiger partial charge is 0.490 e. The SMILES string of the molecule is Nc1ccc(F)c(F)c1-n1ccc(OC2CCNCC2)cc1=O. The van der Waals surface area contributed by atoms with Crippen LogP contribution in [0, 0.1) is 11.6 Å². The van der Waals surface area contributed by atoms with Gasteiger partial charge in [0.25, 0.3) is 5.56 Å². The van der Waals surface area contributed by atoms with Crippen molar-refractivity contribution in [3.8, 4) is 11.4 Å². The number of ether oxygens (including phenoxy) is 1. The Balaban J connectivity index is 1.91. The minimum absolute atomic E-state index is 0.0157. The zero-order chi connectivity index (χ0) is 16.4. The predicted octanol–water partition coefficient (Wildman–Crippen LogP) is 1.83. The van der Waals surface area contributed by atoms with Crippen molar-refractivity contribution >= 4 is 5.69 Å². The molecule has 1 aromatic carbocycles. The monoisotopic (exact) mass is 321 g/mol. The summed E-state index contributed by atoms with van der Waals surface area (Å²) in [6, 6.07) is 4.95. The summed E-state index contributed by atoms with van der Waals surface area (Å²) in [6.07, 6.45) is 3.10. The van der Waals surface area contributed by atoms with Gasteiger partial charge >= 0.3 is 0 Å². The van der Waals surface area contributed by atoms with Gasteiger partial charge in [-0.3, -0.25) is 9.36 Å². The van der Waals surface area contributed by atoms with Gasteiger partial charge < -0.3 is 15.8 Å². The lowest BCUT2D eigenvalue weighted by Crippen LogP contribution is -2.34. The van der Waals surface area contributed by atoms with E-state index in [9.17, 15) is 13.6 Å². The van der Waals surface area contributed by atoms with Gasteiger partial charge in [-0.25, -0.2) is 8.78 Å². The first-order chi connectivity index (χ1) is 11.1. The Morgan fingerprint density at radius 1 is 1.22 bits per heavy atom. The van der Waals surface area contributed by atoms with Crippen molar-refractivity contribution in [2.24, 2.45) is 0 Å². The number of pyridine rings is 1. The lowest BCUT2D eigenvalue weighted by Gasteiger charge is -2.23. The zero-order valence-electron chi connectivity index (χ0n) is 12.4. The number of nitrogens with one attached hydrogen (secondary N) is 1. The topological polar surface area (TPSA) is 69.3 Å². The number of anilines is 1. The molecule has 3 rings (SSSR count). The zero-order valence-corrected chi connectivity index (χ0v) is 12.4. The average Bonchev–Trinajstić information content (AvgIpc) is 2.54. The van der Waals surface area contributed by atoms with Gasteiger partial charge in [0.05, 0.1) is 5.69 Å². The van der Waals surface area contributed by atoms with Gasteiger partial charge in [0, 0.05) is 12.3 Å². The molecule has 1 aliphatic rings. The molecule has 0 spiro atoms. The number of rotatable bonds is 3. The summed E-state index contributed by atoms with van der Waals surface area (Å²) in [5.74, 6) is -1.80. The third kappa shape index (κ3) is 3.19. The second kappa shape index (κ2) is 6.37. The molecule has 7 heteroatoms. The number of nitrogens with two attached hydrogens (primary N) is 1. The summed E-state index contributed by atoms with van der Waals surface area (Å²) in [5, 5.41) is 3.22. The molecule has 0 unspecified atom stereocenters. The quantitative estimate of drug-likeness (QED) is 0.846. The molecule has 0 radical (unpaired) electrons. The van der Waals surface area contributed by atoms with Crippen LogP contribution >= 0.6 is 0 Å². The Labute approximate surface area is 131 Å². The van der Waals surface area contributed by atoms with E-state index in [1.54, 1.807) is 6.07 Å². The molecule has 0 amide bonds. The minimum Gasteiger partial charge on any atom is -0.490 e. The second-order valence-electron chi connectivity index (χ2n) is 5.44. The molecule has 0 bridgehead atoms. The lowest BCUT2D eigenvalue weighted by molar-refractivity contribution is 0.162. The highest BCUT2D eigenvalue weighted by Crippen LogP contribution is 2.23. The molecule has 23 heavy (non-hydrogen) atoms. The number of hydrogen-bond acceptors (Lipinski definition) is 4. The Morgan fingerprint density at radius 2 is 1.96 bits per heavy atom. The van der Waals surface area contributed by atoms with E-state index >= 15 is 0 Å². The summed E-state index contributed by atoms with van der Waals surface area (Å²) in [7, 11) is 0. The maximum Gasteiger partial charge on any atom is 0.258 e. The standard InChI is InChI=1S/C16H17F2N3O2/c17-12-1-2-13(19)16(15(12)18)21-8-5-11(9-14(21)22)23-10-3-6-20-7-4-10/h1-2,5,8-10,20H,3-4,6-7,19H2. The van der Waals surface area contributed by atoms with Crippen LogP contribution in [-0.4, -0.2) is 23.8 Å². The summed E-state index contributed by atoms with van der Waals surface area (Å²) in [5.41, 5.74) is 4.84. The molecule has 2 heterocycles. The van der Waals surface area contributed by atoms with Gasteiger partial charge in [0.15, 0.2) is 11.6 Å². The van der Waals surface area contributed by atoms with Crippen molar-refractivity contribution in [2.75, 3.05) is 18.8 Å². The number of hydrogen-bond donors (Lipinski definition) is 2. The molecule has 1 aromatic heterocycles. The first kappa shape index (κ1) is 15.5. The fraction of sp³-hybridized carbons (Fsp3) is 0.312. The normalized spacial score (nSPS) is 15.6. The third-order valence-corrected chi connectivity index (χ3v) is 3.82. The molecule has 1 fully saturated rings. The van der Waals surface area contributed by atoms with Crippen LogP contribution < -0.4 is 21.3 Å². The fourth-order valence-electron chi connectivity index (χ4n) is 2.62. The van der Waals surface area contributed by atoms with Crippen LogP contribution in [0.5, 0.6) is 5.75 Å². The van der Waals surface area contributed by atoms with Crippen LogP contribution in [0.3, 0.4) is 0 Å². The van der Waals surface area contributed by atoms with Gasteiger partial charge in [-0.1, -0.05) is 0 Å². The van der Waals surface area contributed by atoms with Gasteiger partial charge in [-0.15, -0.1) is 0 Å². The predicted molar refractivity (Wildman–Crippen MR) is 82.9 cm³/mol. The van der Waals surface area contributed by atoms with Crippen LogP contribution in [0.4, 0.5) is 14.5 Å². The highest BCUT2D eigenvalue weighted by molar-refractivity contribution is 5.58. The number of nitrogens with zero attached hydrogens (tertiary/aromatic N) is 1. The van der Waals surface area contributed by atoms with E-state index in [1.807, 2.05) is 0 Å². The van der Waals surface area contributed by atoms with Gasteiger partial charge in [-0.2, -0.15) is 0 Å². The van der Waals surface area contributed by atoms with E-state index in [0.717, 1.165) is 36.6 Å². The molecular formula is C16H17F2N3O2. The average molecular weight is 321 g/mol. The van der Waals surface area contributed by atoms with Crippen molar-refractivity contribution in [1.82, 2.24) is 9.88 Å². The number of halogens is 2.